The number of ether oxygens (including phenoxy) is 1. The van der Waals surface area contributed by atoms with Gasteiger partial charge in [0.2, 0.25) is 0 Å². The summed E-state index contributed by atoms with van der Waals surface area (Å²) >= 11 is 0. The van der Waals surface area contributed by atoms with E-state index in [4.69, 9.17) is 4.74 Å². The molecule has 0 unspecified atom stereocenters. The number of hydrogen-bond donors (Lipinski definition) is 1. The number of benzene rings is 4. The highest BCUT2D eigenvalue weighted by Gasteiger charge is 2.38. The minimum Gasteiger partial charge on any atom is -0.449 e. The normalized spacial score (nSPS) is 19.3. The van der Waals surface area contributed by atoms with Gasteiger partial charge in [-0.25, -0.2) is 4.79 Å². The van der Waals surface area contributed by atoms with Crippen LogP contribution in [0.1, 0.15) is 25.5 Å². The number of nitrogens with one attached hydrogen (secondary N) is 1. The number of carbonyl (C=O) groups excluding carboxylic acids is 1. The van der Waals surface area contributed by atoms with Crippen molar-refractivity contribution in [3.63, 3.8) is 0 Å². The first-order valence-electron chi connectivity index (χ1n) is 8.64. The van der Waals surface area contributed by atoms with E-state index in [1.807, 2.05) is 0 Å². The number of cyclic esters (lactones) is 1. The Balaban J connectivity index is 0.00000168. The summed E-state index contributed by atoms with van der Waals surface area (Å²) < 4.78 is 5.22. The van der Waals surface area contributed by atoms with E-state index in [0.717, 1.165) is 5.56 Å². The first kappa shape index (κ1) is 16.9. The van der Waals surface area contributed by atoms with Crippen molar-refractivity contribution in [2.45, 2.75) is 19.9 Å². The molecule has 1 N–H and O–H groups in total. The van der Waals surface area contributed by atoms with E-state index in [9.17, 15) is 4.79 Å². The molecule has 1 aliphatic rings. The van der Waals surface area contributed by atoms with Crippen LogP contribution in [-0.2, 0) is 4.74 Å². The van der Waals surface area contributed by atoms with Gasteiger partial charge in [0.15, 0.2) is 0 Å². The Labute approximate surface area is 158 Å². The van der Waals surface area contributed by atoms with Crippen LogP contribution in [0.5, 0.6) is 0 Å². The average Bonchev–Trinajstić information content (AvgIpc) is 2.62. The Morgan fingerprint density at radius 3 is 2.27 bits per heavy atom. The fourth-order valence-electron chi connectivity index (χ4n) is 4.20. The minimum absolute atomic E-state index is 0. The third-order valence-electron chi connectivity index (χ3n) is 5.49. The Bertz CT molecular complexity index is 1120. The second kappa shape index (κ2) is 5.75. The summed E-state index contributed by atoms with van der Waals surface area (Å²) in [5, 5.41) is 10.6. The van der Waals surface area contributed by atoms with E-state index >= 15 is 0 Å². The van der Waals surface area contributed by atoms with Gasteiger partial charge < -0.3 is 10.1 Å². The van der Waals surface area contributed by atoms with E-state index in [0.29, 0.717) is 6.61 Å². The second-order valence-corrected chi connectivity index (χ2v) is 7.65. The molecule has 5 rings (SSSR count). The van der Waals surface area contributed by atoms with E-state index in [-0.39, 0.29) is 30.0 Å². The topological polar surface area (TPSA) is 38.3 Å². The standard InChI is InChI=1S/C22H19NO2.ClH/c1-22(2)12-25-21(24)23-20(22)17-11-9-15-7-6-13-4-3-5-14-8-10-16(17)19(15)18(13)14;/h3-11,20H,12H2,1-2H3,(H,23,24);1H/t20-;/m0./s1. The molecule has 0 aliphatic carbocycles. The predicted octanol–water partition coefficient (Wildman–Crippen LogP) is 5.81. The molecule has 1 heterocycles. The quantitative estimate of drug-likeness (QED) is 0.432. The summed E-state index contributed by atoms with van der Waals surface area (Å²) in [7, 11) is 0. The minimum atomic E-state index is -0.338. The SMILES string of the molecule is CC1(C)COC(=O)N[C@H]1c1ccc2ccc3cccc4ccc1c2c34.Cl. The zero-order chi connectivity index (χ0) is 17.2. The van der Waals surface area contributed by atoms with Crippen LogP contribution >= 0.6 is 12.4 Å². The number of alkyl carbamates (subject to hydrolysis) is 1. The molecule has 1 amide bonds. The number of carbonyl (C=O) groups is 1. The van der Waals surface area contributed by atoms with E-state index in [1.165, 1.54) is 32.3 Å². The lowest BCUT2D eigenvalue weighted by atomic mass is 9.78. The van der Waals surface area contributed by atoms with Crippen LogP contribution in [-0.4, -0.2) is 12.7 Å². The van der Waals surface area contributed by atoms with Gasteiger partial charge in [-0.15, -0.1) is 12.4 Å². The highest BCUT2D eigenvalue weighted by Crippen LogP contribution is 2.43. The fraction of sp³-hybridized carbons (Fsp3) is 0.227. The van der Waals surface area contributed by atoms with Crippen molar-refractivity contribution in [3.8, 4) is 0 Å². The highest BCUT2D eigenvalue weighted by atomic mass is 35.5. The lowest BCUT2D eigenvalue weighted by molar-refractivity contribution is 0.0391. The van der Waals surface area contributed by atoms with Crippen molar-refractivity contribution in [1.29, 1.82) is 0 Å². The average molecular weight is 366 g/mol. The van der Waals surface area contributed by atoms with Crippen molar-refractivity contribution >= 4 is 50.8 Å². The second-order valence-electron chi connectivity index (χ2n) is 7.65. The predicted molar refractivity (Wildman–Crippen MR) is 108 cm³/mol. The number of rotatable bonds is 1. The Morgan fingerprint density at radius 1 is 0.923 bits per heavy atom. The summed E-state index contributed by atoms with van der Waals surface area (Å²) in [5.41, 5.74) is 0.990. The van der Waals surface area contributed by atoms with Crippen molar-refractivity contribution < 1.29 is 9.53 Å². The fourth-order valence-corrected chi connectivity index (χ4v) is 4.20. The molecule has 4 aromatic carbocycles. The van der Waals surface area contributed by atoms with E-state index in [1.54, 1.807) is 0 Å². The zero-order valence-electron chi connectivity index (χ0n) is 14.7. The smallest absolute Gasteiger partial charge is 0.407 e. The Morgan fingerprint density at radius 2 is 1.54 bits per heavy atom. The molecule has 1 atom stereocenters. The van der Waals surface area contributed by atoms with Crippen LogP contribution in [0.25, 0.3) is 32.3 Å². The van der Waals surface area contributed by atoms with Gasteiger partial charge in [-0.2, -0.15) is 0 Å². The lowest BCUT2D eigenvalue weighted by Crippen LogP contribution is -2.47. The van der Waals surface area contributed by atoms with Gasteiger partial charge in [0.05, 0.1) is 6.04 Å². The summed E-state index contributed by atoms with van der Waals surface area (Å²) in [5.74, 6) is 0. The number of halogens is 1. The maximum absolute atomic E-state index is 11.9. The van der Waals surface area contributed by atoms with Gasteiger partial charge in [0.25, 0.3) is 0 Å². The molecule has 4 aromatic rings. The maximum Gasteiger partial charge on any atom is 0.407 e. The molecule has 4 heteroatoms. The molecule has 1 aliphatic heterocycles. The largest absolute Gasteiger partial charge is 0.449 e. The van der Waals surface area contributed by atoms with Crippen LogP contribution in [0.4, 0.5) is 4.79 Å². The molecule has 1 fully saturated rings. The molecule has 132 valence electrons. The van der Waals surface area contributed by atoms with Gasteiger partial charge in [-0.3, -0.25) is 0 Å². The molecule has 0 radical (unpaired) electrons. The molecule has 0 aromatic heterocycles. The monoisotopic (exact) mass is 365 g/mol. The zero-order valence-corrected chi connectivity index (χ0v) is 15.5. The van der Waals surface area contributed by atoms with Gasteiger partial charge in [0, 0.05) is 5.41 Å². The van der Waals surface area contributed by atoms with Crippen molar-refractivity contribution in [1.82, 2.24) is 5.32 Å². The summed E-state index contributed by atoms with van der Waals surface area (Å²) in [6, 6.07) is 19.4. The van der Waals surface area contributed by atoms with Gasteiger partial charge >= 0.3 is 6.09 Å². The summed E-state index contributed by atoms with van der Waals surface area (Å²) in [4.78, 5) is 11.9. The first-order chi connectivity index (χ1) is 12.0. The number of hydrogen-bond acceptors (Lipinski definition) is 2. The van der Waals surface area contributed by atoms with Crippen LogP contribution in [0.15, 0.2) is 54.6 Å². The van der Waals surface area contributed by atoms with E-state index in [2.05, 4.69) is 73.8 Å². The van der Waals surface area contributed by atoms with E-state index < -0.39 is 0 Å². The van der Waals surface area contributed by atoms with Gasteiger partial charge in [0.1, 0.15) is 6.61 Å². The van der Waals surface area contributed by atoms with Crippen LogP contribution in [0.2, 0.25) is 0 Å². The molecule has 3 nitrogen and oxygen atoms in total. The van der Waals surface area contributed by atoms with Crippen LogP contribution in [0, 0.1) is 5.41 Å². The molecule has 1 saturated heterocycles. The Hall–Kier alpha value is -2.52. The molecule has 26 heavy (non-hydrogen) atoms. The summed E-state index contributed by atoms with van der Waals surface area (Å²) in [6.45, 7) is 4.69. The Kier molecular flexibility index (Phi) is 3.74. The van der Waals surface area contributed by atoms with Crippen LogP contribution < -0.4 is 5.32 Å². The molecular formula is C22H20ClNO2. The van der Waals surface area contributed by atoms with Gasteiger partial charge in [-0.05, 0) is 37.9 Å². The maximum atomic E-state index is 11.9. The van der Waals surface area contributed by atoms with Crippen molar-refractivity contribution in [2.75, 3.05) is 6.61 Å². The van der Waals surface area contributed by atoms with Crippen molar-refractivity contribution in [2.24, 2.45) is 5.41 Å². The number of amides is 1. The van der Waals surface area contributed by atoms with Gasteiger partial charge in [-0.1, -0.05) is 68.4 Å². The molecule has 0 saturated carbocycles. The lowest BCUT2D eigenvalue weighted by Gasteiger charge is -2.39. The third-order valence-corrected chi connectivity index (χ3v) is 5.49. The first-order valence-corrected chi connectivity index (χ1v) is 8.64. The summed E-state index contributed by atoms with van der Waals surface area (Å²) in [6.07, 6.45) is -0.338. The molecule has 0 spiro atoms. The van der Waals surface area contributed by atoms with Crippen LogP contribution in [0.3, 0.4) is 0 Å². The van der Waals surface area contributed by atoms with Crippen molar-refractivity contribution in [3.05, 3.63) is 60.2 Å². The third kappa shape index (κ3) is 2.31. The highest BCUT2D eigenvalue weighted by molar-refractivity contribution is 6.23. The molecular weight excluding hydrogens is 346 g/mol. The molecule has 0 bridgehead atoms.